The lowest BCUT2D eigenvalue weighted by Crippen LogP contribution is -2.45. The molecule has 2 fully saturated rings. The number of ether oxygens (including phenoxy) is 1. The van der Waals surface area contributed by atoms with Crippen LogP contribution in [-0.2, 0) is 9.53 Å². The zero-order valence-electron chi connectivity index (χ0n) is 16.8. The van der Waals surface area contributed by atoms with E-state index >= 15 is 0 Å². The van der Waals surface area contributed by atoms with E-state index in [2.05, 4.69) is 24.1 Å². The fourth-order valence-corrected chi connectivity index (χ4v) is 3.88. The predicted molar refractivity (Wildman–Crippen MR) is 103 cm³/mol. The van der Waals surface area contributed by atoms with E-state index in [4.69, 9.17) is 4.74 Å². The summed E-state index contributed by atoms with van der Waals surface area (Å²) >= 11 is 0. The third-order valence-corrected chi connectivity index (χ3v) is 5.49. The number of amides is 2. The smallest absolute Gasteiger partial charge is 0.409 e. The molecule has 0 radical (unpaired) electrons. The average Bonchev–Trinajstić information content (AvgIpc) is 2.90. The Balaban J connectivity index is 1.74. The van der Waals surface area contributed by atoms with Crippen molar-refractivity contribution in [3.05, 3.63) is 0 Å². The number of hydrogen-bond acceptors (Lipinski definition) is 4. The van der Waals surface area contributed by atoms with Crippen LogP contribution in [0.25, 0.3) is 0 Å². The number of piperidine rings is 1. The van der Waals surface area contributed by atoms with E-state index in [0.29, 0.717) is 18.6 Å². The summed E-state index contributed by atoms with van der Waals surface area (Å²) in [5.74, 6) is 0.886. The van der Waals surface area contributed by atoms with Crippen molar-refractivity contribution < 1.29 is 14.3 Å². The van der Waals surface area contributed by atoms with Crippen molar-refractivity contribution in [2.24, 2.45) is 11.8 Å². The third-order valence-electron chi connectivity index (χ3n) is 5.49. The highest BCUT2D eigenvalue weighted by Gasteiger charge is 2.30. The van der Waals surface area contributed by atoms with E-state index in [0.717, 1.165) is 71.2 Å². The summed E-state index contributed by atoms with van der Waals surface area (Å²) < 4.78 is 5.28. The number of rotatable bonds is 6. The largest absolute Gasteiger partial charge is 0.449 e. The maximum absolute atomic E-state index is 12.3. The van der Waals surface area contributed by atoms with Crippen molar-refractivity contribution in [3.8, 4) is 0 Å². The molecule has 0 aliphatic carbocycles. The number of likely N-dealkylation sites (tertiary alicyclic amines) is 2. The molecule has 0 spiro atoms. The van der Waals surface area contributed by atoms with Crippen molar-refractivity contribution in [2.45, 2.75) is 65.3 Å². The first-order chi connectivity index (χ1) is 12.5. The minimum Gasteiger partial charge on any atom is -0.449 e. The van der Waals surface area contributed by atoms with Crippen LogP contribution in [0.5, 0.6) is 0 Å². The molecule has 6 nitrogen and oxygen atoms in total. The molecule has 0 aromatic rings. The number of carbonyl (C=O) groups excluding carboxylic acids is 2. The van der Waals surface area contributed by atoms with Crippen LogP contribution in [0, 0.1) is 11.8 Å². The Hall–Kier alpha value is -1.30. The van der Waals surface area contributed by atoms with Crippen molar-refractivity contribution in [1.82, 2.24) is 15.1 Å². The van der Waals surface area contributed by atoms with Gasteiger partial charge >= 0.3 is 6.09 Å². The lowest BCUT2D eigenvalue weighted by Gasteiger charge is -2.37. The molecule has 2 heterocycles. The average molecular weight is 368 g/mol. The van der Waals surface area contributed by atoms with Crippen molar-refractivity contribution in [2.75, 3.05) is 39.3 Å². The molecule has 1 atom stereocenters. The Labute approximate surface area is 158 Å². The Morgan fingerprint density at radius 1 is 1.08 bits per heavy atom. The third kappa shape index (κ3) is 6.45. The minimum atomic E-state index is -0.159. The fourth-order valence-electron chi connectivity index (χ4n) is 3.88. The SMILES string of the molecule is CCCOC(=O)N1CCCC(N2CCC(C(=O)NCC(C)C)CC2)CC1. The summed E-state index contributed by atoms with van der Waals surface area (Å²) in [6, 6.07) is 0.527. The quantitative estimate of drug-likeness (QED) is 0.784. The molecule has 2 saturated heterocycles. The van der Waals surface area contributed by atoms with Gasteiger partial charge in [0, 0.05) is 31.6 Å². The molecule has 0 bridgehead atoms. The molecular weight excluding hydrogens is 330 g/mol. The first kappa shape index (κ1) is 21.0. The van der Waals surface area contributed by atoms with Gasteiger partial charge < -0.3 is 19.9 Å². The molecule has 0 saturated carbocycles. The lowest BCUT2D eigenvalue weighted by molar-refractivity contribution is -0.126. The molecule has 2 aliphatic rings. The van der Waals surface area contributed by atoms with Crippen LogP contribution in [0.1, 0.15) is 59.3 Å². The van der Waals surface area contributed by atoms with Gasteiger partial charge in [-0.2, -0.15) is 0 Å². The molecule has 150 valence electrons. The number of hydrogen-bond donors (Lipinski definition) is 1. The van der Waals surface area contributed by atoms with Gasteiger partial charge in [-0.1, -0.05) is 20.8 Å². The van der Waals surface area contributed by atoms with Gasteiger partial charge in [0.2, 0.25) is 5.91 Å². The molecule has 0 aromatic heterocycles. The zero-order valence-corrected chi connectivity index (χ0v) is 16.8. The predicted octanol–water partition coefficient (Wildman–Crippen LogP) is 2.87. The molecule has 2 amide bonds. The summed E-state index contributed by atoms with van der Waals surface area (Å²) in [5.41, 5.74) is 0. The second-order valence-corrected chi connectivity index (χ2v) is 8.14. The van der Waals surface area contributed by atoms with Gasteiger partial charge in [-0.05, 0) is 57.5 Å². The Kier molecular flexibility index (Phi) is 8.69. The molecule has 0 aromatic carbocycles. The summed E-state index contributed by atoms with van der Waals surface area (Å²) in [6.07, 6.45) is 5.76. The van der Waals surface area contributed by atoms with Crippen molar-refractivity contribution in [1.29, 1.82) is 0 Å². The standard InChI is InChI=1S/C20H37N3O3/c1-4-14-26-20(25)23-10-5-6-18(9-13-23)22-11-7-17(8-12-22)19(24)21-15-16(2)3/h16-18H,4-15H2,1-3H3,(H,21,24). The summed E-state index contributed by atoms with van der Waals surface area (Å²) in [6.45, 7) is 11.1. The molecule has 26 heavy (non-hydrogen) atoms. The lowest BCUT2D eigenvalue weighted by atomic mass is 9.93. The molecule has 1 unspecified atom stereocenters. The van der Waals surface area contributed by atoms with Crippen LogP contribution in [-0.4, -0.2) is 67.2 Å². The maximum atomic E-state index is 12.3. The monoisotopic (exact) mass is 367 g/mol. The number of nitrogens with zero attached hydrogens (tertiary/aromatic N) is 2. The Morgan fingerprint density at radius 2 is 1.81 bits per heavy atom. The minimum absolute atomic E-state index is 0.159. The van der Waals surface area contributed by atoms with Gasteiger partial charge in [0.25, 0.3) is 0 Å². The first-order valence-corrected chi connectivity index (χ1v) is 10.4. The number of carbonyl (C=O) groups is 2. The van der Waals surface area contributed by atoms with Crippen LogP contribution in [0.2, 0.25) is 0 Å². The van der Waals surface area contributed by atoms with Gasteiger partial charge in [0.15, 0.2) is 0 Å². The Bertz CT molecular complexity index is 448. The van der Waals surface area contributed by atoms with Gasteiger partial charge in [-0.15, -0.1) is 0 Å². The van der Waals surface area contributed by atoms with Gasteiger partial charge in [-0.25, -0.2) is 4.79 Å². The summed E-state index contributed by atoms with van der Waals surface area (Å²) in [5, 5.41) is 3.08. The number of nitrogens with one attached hydrogen (secondary N) is 1. The van der Waals surface area contributed by atoms with E-state index in [9.17, 15) is 9.59 Å². The van der Waals surface area contributed by atoms with E-state index in [-0.39, 0.29) is 17.9 Å². The second-order valence-electron chi connectivity index (χ2n) is 8.14. The highest BCUT2D eigenvalue weighted by atomic mass is 16.6. The fraction of sp³-hybridized carbons (Fsp3) is 0.900. The summed E-state index contributed by atoms with van der Waals surface area (Å²) in [7, 11) is 0. The summed E-state index contributed by atoms with van der Waals surface area (Å²) in [4.78, 5) is 28.7. The van der Waals surface area contributed by atoms with Gasteiger partial charge in [-0.3, -0.25) is 4.79 Å². The highest BCUT2D eigenvalue weighted by molar-refractivity contribution is 5.78. The van der Waals surface area contributed by atoms with Crippen LogP contribution in [0.4, 0.5) is 4.79 Å². The van der Waals surface area contributed by atoms with Crippen LogP contribution < -0.4 is 5.32 Å². The first-order valence-electron chi connectivity index (χ1n) is 10.4. The van der Waals surface area contributed by atoms with Crippen LogP contribution in [0.15, 0.2) is 0 Å². The van der Waals surface area contributed by atoms with Crippen LogP contribution >= 0.6 is 0 Å². The topological polar surface area (TPSA) is 61.9 Å². The highest BCUT2D eigenvalue weighted by Crippen LogP contribution is 2.24. The van der Waals surface area contributed by atoms with E-state index in [1.807, 2.05) is 11.8 Å². The Morgan fingerprint density at radius 3 is 2.46 bits per heavy atom. The molecule has 2 aliphatic heterocycles. The normalized spacial score (nSPS) is 22.9. The van der Waals surface area contributed by atoms with E-state index in [1.165, 1.54) is 0 Å². The van der Waals surface area contributed by atoms with E-state index in [1.54, 1.807) is 0 Å². The van der Waals surface area contributed by atoms with Gasteiger partial charge in [0.05, 0.1) is 6.61 Å². The van der Waals surface area contributed by atoms with Crippen LogP contribution in [0.3, 0.4) is 0 Å². The second kappa shape index (κ2) is 10.8. The van der Waals surface area contributed by atoms with Gasteiger partial charge in [0.1, 0.15) is 0 Å². The van der Waals surface area contributed by atoms with Crippen molar-refractivity contribution in [3.63, 3.8) is 0 Å². The molecule has 2 rings (SSSR count). The molecule has 6 heteroatoms. The maximum Gasteiger partial charge on any atom is 0.409 e. The molecule has 1 N–H and O–H groups in total. The van der Waals surface area contributed by atoms with E-state index < -0.39 is 0 Å². The molecular formula is C20H37N3O3. The zero-order chi connectivity index (χ0) is 18.9. The van der Waals surface area contributed by atoms with Crippen molar-refractivity contribution >= 4 is 12.0 Å².